The third kappa shape index (κ3) is 3.89. The van der Waals surface area contributed by atoms with E-state index in [-0.39, 0.29) is 29.5 Å². The standard InChI is InChI=1S/C18H25F3N4O3S.H2/c1-11-16(12(2)23-17(22-11)18(19,20)21)29(26,27)25-9-13-7-24(8-14(13)10-25)15-3-5-28-6-4-15;/h13-15H,3-10H2,1-2H3;1H/t13-,14?;/m1./s1. The number of hydrogen-bond donors (Lipinski definition) is 0. The van der Waals surface area contributed by atoms with Gasteiger partial charge < -0.3 is 4.74 Å². The molecule has 0 N–H and O–H groups in total. The number of rotatable bonds is 3. The molecule has 0 aromatic carbocycles. The van der Waals surface area contributed by atoms with Gasteiger partial charge in [0.15, 0.2) is 0 Å². The molecule has 2 atom stereocenters. The molecule has 11 heteroatoms. The summed E-state index contributed by atoms with van der Waals surface area (Å²) < 4.78 is 72.0. The van der Waals surface area contributed by atoms with Crippen LogP contribution < -0.4 is 0 Å². The van der Waals surface area contributed by atoms with Crippen LogP contribution in [0.25, 0.3) is 0 Å². The SMILES string of the molecule is Cc1nc(C(F)(F)F)nc(C)c1S(=O)(=O)N1CC2CN(C3CCOCC3)C[C@@H]2C1.[HH]. The highest BCUT2D eigenvalue weighted by Crippen LogP contribution is 2.37. The van der Waals surface area contributed by atoms with Crippen LogP contribution in [0.4, 0.5) is 13.2 Å². The molecular formula is C18H27F3N4O3S. The van der Waals surface area contributed by atoms with Crippen LogP contribution in [0, 0.1) is 25.7 Å². The molecule has 0 radical (unpaired) electrons. The molecule has 0 amide bonds. The Morgan fingerprint density at radius 1 is 1.00 bits per heavy atom. The summed E-state index contributed by atoms with van der Waals surface area (Å²) in [5, 5.41) is 0. The van der Waals surface area contributed by atoms with Gasteiger partial charge in [-0.25, -0.2) is 18.4 Å². The van der Waals surface area contributed by atoms with Crippen molar-refractivity contribution in [2.75, 3.05) is 39.4 Å². The number of likely N-dealkylation sites (tertiary alicyclic amines) is 1. The van der Waals surface area contributed by atoms with Crippen LogP contribution in [0.5, 0.6) is 0 Å². The average Bonchev–Trinajstić information content (AvgIpc) is 3.20. The molecule has 0 aliphatic carbocycles. The number of nitrogens with zero attached hydrogens (tertiary/aromatic N) is 4. The Morgan fingerprint density at radius 2 is 1.52 bits per heavy atom. The van der Waals surface area contributed by atoms with E-state index in [1.54, 1.807) is 0 Å². The third-order valence-electron chi connectivity index (χ3n) is 6.24. The maximum atomic E-state index is 13.2. The van der Waals surface area contributed by atoms with Crippen molar-refractivity contribution in [3.63, 3.8) is 0 Å². The number of halogens is 3. The molecule has 7 nitrogen and oxygen atoms in total. The Bertz CT molecular complexity index is 856. The molecule has 1 aromatic heterocycles. The first kappa shape index (κ1) is 21.0. The lowest BCUT2D eigenvalue weighted by molar-refractivity contribution is -0.145. The topological polar surface area (TPSA) is 75.6 Å². The number of hydrogen-bond acceptors (Lipinski definition) is 6. The number of aryl methyl sites for hydroxylation is 2. The van der Waals surface area contributed by atoms with E-state index in [1.807, 2.05) is 0 Å². The molecule has 29 heavy (non-hydrogen) atoms. The van der Waals surface area contributed by atoms with Crippen molar-refractivity contribution in [1.82, 2.24) is 19.2 Å². The van der Waals surface area contributed by atoms with Gasteiger partial charge in [-0.15, -0.1) is 0 Å². The van der Waals surface area contributed by atoms with Gasteiger partial charge >= 0.3 is 6.18 Å². The van der Waals surface area contributed by atoms with Gasteiger partial charge in [-0.3, -0.25) is 4.90 Å². The fourth-order valence-electron chi connectivity index (χ4n) is 4.87. The van der Waals surface area contributed by atoms with Gasteiger partial charge in [0.2, 0.25) is 15.8 Å². The quantitative estimate of drug-likeness (QED) is 0.722. The fraction of sp³-hybridized carbons (Fsp3) is 0.778. The summed E-state index contributed by atoms with van der Waals surface area (Å²) in [5.74, 6) is -0.830. The van der Waals surface area contributed by atoms with Gasteiger partial charge in [0.1, 0.15) is 4.90 Å². The van der Waals surface area contributed by atoms with Gasteiger partial charge in [-0.05, 0) is 38.5 Å². The molecule has 4 heterocycles. The fourth-order valence-corrected chi connectivity index (χ4v) is 6.74. The Labute approximate surface area is 169 Å². The van der Waals surface area contributed by atoms with Crippen LogP contribution in [-0.2, 0) is 20.9 Å². The van der Waals surface area contributed by atoms with Crippen molar-refractivity contribution in [1.29, 1.82) is 0 Å². The zero-order valence-corrected chi connectivity index (χ0v) is 17.3. The van der Waals surface area contributed by atoms with Gasteiger partial charge in [0.25, 0.3) is 0 Å². The molecular weight excluding hydrogens is 409 g/mol. The normalized spacial score (nSPS) is 27.5. The van der Waals surface area contributed by atoms with E-state index in [9.17, 15) is 21.6 Å². The minimum Gasteiger partial charge on any atom is -0.381 e. The predicted molar refractivity (Wildman–Crippen MR) is 99.8 cm³/mol. The highest BCUT2D eigenvalue weighted by atomic mass is 32.2. The van der Waals surface area contributed by atoms with Crippen LogP contribution in [0.3, 0.4) is 0 Å². The van der Waals surface area contributed by atoms with Crippen molar-refractivity contribution in [2.45, 2.75) is 43.8 Å². The van der Waals surface area contributed by atoms with E-state index in [0.29, 0.717) is 19.1 Å². The minimum absolute atomic E-state index is 0. The van der Waals surface area contributed by atoms with Crippen LogP contribution in [-0.4, -0.2) is 73.0 Å². The highest BCUT2D eigenvalue weighted by Gasteiger charge is 2.47. The van der Waals surface area contributed by atoms with Crippen LogP contribution >= 0.6 is 0 Å². The molecule has 1 unspecified atom stereocenters. The second-order valence-corrected chi connectivity index (χ2v) is 10.1. The zero-order valence-electron chi connectivity index (χ0n) is 16.4. The van der Waals surface area contributed by atoms with E-state index in [1.165, 1.54) is 18.2 Å². The number of fused-ring (bicyclic) bond motifs is 1. The number of sulfonamides is 1. The number of alkyl halides is 3. The van der Waals surface area contributed by atoms with Crippen molar-refractivity contribution in [3.05, 3.63) is 17.2 Å². The summed E-state index contributed by atoms with van der Waals surface area (Å²) >= 11 is 0. The first-order valence-electron chi connectivity index (χ1n) is 9.81. The molecule has 3 fully saturated rings. The maximum absolute atomic E-state index is 13.2. The van der Waals surface area contributed by atoms with Gasteiger partial charge in [-0.2, -0.15) is 17.5 Å². The van der Waals surface area contributed by atoms with Crippen molar-refractivity contribution in [3.8, 4) is 0 Å². The second-order valence-electron chi connectivity index (χ2n) is 8.18. The summed E-state index contributed by atoms with van der Waals surface area (Å²) in [6.45, 7) is 6.58. The number of ether oxygens (including phenoxy) is 1. The Balaban J connectivity index is 0.00000256. The van der Waals surface area contributed by atoms with Crippen molar-refractivity contribution in [2.24, 2.45) is 11.8 Å². The molecule has 3 aliphatic heterocycles. The predicted octanol–water partition coefficient (Wildman–Crippen LogP) is 2.09. The molecule has 0 bridgehead atoms. The summed E-state index contributed by atoms with van der Waals surface area (Å²) in [4.78, 5) is 9.09. The van der Waals surface area contributed by atoms with E-state index in [2.05, 4.69) is 14.9 Å². The summed E-state index contributed by atoms with van der Waals surface area (Å²) in [6, 6.07) is 0.493. The lowest BCUT2D eigenvalue weighted by Gasteiger charge is -2.32. The zero-order chi connectivity index (χ0) is 21.0. The van der Waals surface area contributed by atoms with E-state index in [0.717, 1.165) is 39.1 Å². The highest BCUT2D eigenvalue weighted by molar-refractivity contribution is 7.89. The van der Waals surface area contributed by atoms with Crippen LogP contribution in [0.2, 0.25) is 0 Å². The Morgan fingerprint density at radius 3 is 2.00 bits per heavy atom. The van der Waals surface area contributed by atoms with Gasteiger partial charge in [0.05, 0.1) is 11.4 Å². The molecule has 3 saturated heterocycles. The molecule has 4 rings (SSSR count). The van der Waals surface area contributed by atoms with Crippen molar-refractivity contribution < 1.29 is 27.8 Å². The van der Waals surface area contributed by atoms with E-state index in [4.69, 9.17) is 4.74 Å². The minimum atomic E-state index is -4.71. The lowest BCUT2D eigenvalue weighted by atomic mass is 10.0. The summed E-state index contributed by atoms with van der Waals surface area (Å²) in [5.41, 5.74) is -0.323. The van der Waals surface area contributed by atoms with Crippen molar-refractivity contribution >= 4 is 10.0 Å². The largest absolute Gasteiger partial charge is 0.451 e. The third-order valence-corrected chi connectivity index (χ3v) is 8.33. The molecule has 164 valence electrons. The Kier molecular flexibility index (Phi) is 5.37. The first-order chi connectivity index (χ1) is 13.6. The second kappa shape index (κ2) is 7.44. The molecule has 0 saturated carbocycles. The summed E-state index contributed by atoms with van der Waals surface area (Å²) in [7, 11) is -3.94. The first-order valence-corrected chi connectivity index (χ1v) is 11.3. The van der Waals surface area contributed by atoms with Gasteiger partial charge in [0, 0.05) is 46.9 Å². The van der Waals surface area contributed by atoms with Gasteiger partial charge in [-0.1, -0.05) is 0 Å². The number of aromatic nitrogens is 2. The maximum Gasteiger partial charge on any atom is 0.451 e. The lowest BCUT2D eigenvalue weighted by Crippen LogP contribution is -2.40. The smallest absolute Gasteiger partial charge is 0.381 e. The van der Waals surface area contributed by atoms with E-state index >= 15 is 0 Å². The van der Waals surface area contributed by atoms with E-state index < -0.39 is 22.0 Å². The molecule has 1 aromatic rings. The molecule has 3 aliphatic rings. The van der Waals surface area contributed by atoms with Crippen LogP contribution in [0.1, 0.15) is 31.5 Å². The average molecular weight is 437 g/mol. The monoisotopic (exact) mass is 436 g/mol. The molecule has 0 spiro atoms. The van der Waals surface area contributed by atoms with Crippen LogP contribution in [0.15, 0.2) is 4.90 Å². The summed E-state index contributed by atoms with van der Waals surface area (Å²) in [6.07, 6.45) is -2.71. The Hall–Kier alpha value is -1.30.